The molecule has 4 rings (SSSR count). The second-order valence-corrected chi connectivity index (χ2v) is 10.2. The average molecular weight is 533 g/mol. The van der Waals surface area contributed by atoms with Crippen molar-refractivity contribution in [2.45, 2.75) is 9.79 Å². The Hall–Kier alpha value is -4.31. The smallest absolute Gasteiger partial charge is 0.336 e. The highest BCUT2D eigenvalue weighted by molar-refractivity contribution is 7.86. The van der Waals surface area contributed by atoms with Crippen LogP contribution in [0.5, 0.6) is 0 Å². The molecule has 8 N–H and O–H groups in total. The number of anilines is 1. The summed E-state index contributed by atoms with van der Waals surface area (Å²) in [6.07, 6.45) is 0. The lowest BCUT2D eigenvalue weighted by Crippen LogP contribution is -2.18. The van der Waals surface area contributed by atoms with E-state index in [1.807, 2.05) is 0 Å². The summed E-state index contributed by atoms with van der Waals surface area (Å²) >= 11 is 0. The first kappa shape index (κ1) is 24.8. The van der Waals surface area contributed by atoms with Crippen molar-refractivity contribution in [2.75, 3.05) is 5.73 Å². The molecule has 0 radical (unpaired) electrons. The van der Waals surface area contributed by atoms with Gasteiger partial charge in [0.15, 0.2) is 21.1 Å². The minimum Gasteiger partial charge on any atom is -0.478 e. The number of amides is 1. The van der Waals surface area contributed by atoms with Gasteiger partial charge in [-0.25, -0.2) is 4.79 Å². The van der Waals surface area contributed by atoms with Crippen molar-refractivity contribution >= 4 is 48.8 Å². The van der Waals surface area contributed by atoms with Gasteiger partial charge in [-0.1, -0.05) is 6.07 Å². The third kappa shape index (κ3) is 3.85. The molecule has 0 bridgehead atoms. The lowest BCUT2D eigenvalue weighted by atomic mass is 9.87. The fourth-order valence-electron chi connectivity index (χ4n) is 3.98. The first-order valence-electron chi connectivity index (χ1n) is 9.62. The van der Waals surface area contributed by atoms with Gasteiger partial charge in [0, 0.05) is 27.6 Å². The molecule has 1 heterocycles. The van der Waals surface area contributed by atoms with E-state index in [0.717, 1.165) is 24.3 Å². The van der Waals surface area contributed by atoms with Crippen LogP contribution in [-0.2, 0) is 20.2 Å². The number of nitrogens with two attached hydrogens (primary N) is 2. The Bertz CT molecular complexity index is 1840. The highest BCUT2D eigenvalue weighted by Crippen LogP contribution is 2.46. The number of hydrogen-bond donors (Lipinski definition) is 6. The maximum atomic E-state index is 12.3. The Morgan fingerprint density at radius 3 is 2.03 bits per heavy atom. The molecule has 0 unspecified atom stereocenters. The van der Waals surface area contributed by atoms with Crippen molar-refractivity contribution < 1.29 is 45.1 Å². The summed E-state index contributed by atoms with van der Waals surface area (Å²) < 4.78 is 73.9. The molecule has 0 atom stereocenters. The molecule has 0 fully saturated rings. The van der Waals surface area contributed by atoms with E-state index in [2.05, 4.69) is 0 Å². The molecule has 0 aromatic heterocycles. The first-order valence-corrected chi connectivity index (χ1v) is 12.5. The molecule has 15 heteroatoms. The normalized spacial score (nSPS) is 12.2. The van der Waals surface area contributed by atoms with Crippen molar-refractivity contribution in [3.8, 4) is 22.5 Å². The number of nitrogen functional groups attached to an aromatic ring is 1. The number of aromatic carboxylic acids is 1. The number of carboxylic acids is 1. The zero-order chi connectivity index (χ0) is 26.7. The molecule has 1 aliphatic carbocycles. The van der Waals surface area contributed by atoms with E-state index < -0.39 is 69.9 Å². The fourth-order valence-corrected chi connectivity index (χ4v) is 5.46. The van der Waals surface area contributed by atoms with Gasteiger partial charge >= 0.3 is 5.97 Å². The number of carbonyl (C=O) groups is 2. The minimum absolute atomic E-state index is 0.209. The monoisotopic (exact) mass is 533 g/mol. The van der Waals surface area contributed by atoms with Gasteiger partial charge in [0.25, 0.3) is 20.2 Å². The predicted octanol–water partition coefficient (Wildman–Crippen LogP) is 1.56. The van der Waals surface area contributed by atoms with Gasteiger partial charge in [-0.05, 0) is 36.4 Å². The van der Waals surface area contributed by atoms with Gasteiger partial charge in [0.05, 0.1) is 16.6 Å². The lowest BCUT2D eigenvalue weighted by molar-refractivity contribution is 0.0697. The van der Waals surface area contributed by atoms with E-state index in [9.17, 15) is 40.6 Å². The fraction of sp³-hybridized carbons (Fsp3) is 0. The highest BCUT2D eigenvalue weighted by Gasteiger charge is 2.33. The van der Waals surface area contributed by atoms with Crippen LogP contribution in [0.15, 0.2) is 56.7 Å². The molecule has 1 aliphatic heterocycles. The average Bonchev–Trinajstić information content (AvgIpc) is 2.74. The number of carbonyl (C=O) groups excluding carboxylic acids is 1. The molecule has 0 saturated carbocycles. The number of primary amides is 1. The third-order valence-electron chi connectivity index (χ3n) is 5.32. The van der Waals surface area contributed by atoms with Crippen LogP contribution in [-0.4, -0.2) is 42.9 Å². The molecule has 13 nitrogen and oxygen atoms in total. The number of benzene rings is 3. The maximum absolute atomic E-state index is 12.3. The molecule has 2 aromatic rings. The summed E-state index contributed by atoms with van der Waals surface area (Å²) in [5.41, 5.74) is 8.35. The summed E-state index contributed by atoms with van der Waals surface area (Å²) in [6, 6.07) is 7.92. The zero-order valence-electron chi connectivity index (χ0n) is 17.7. The highest BCUT2D eigenvalue weighted by atomic mass is 32.2. The molecule has 0 spiro atoms. The van der Waals surface area contributed by atoms with Crippen molar-refractivity contribution in [3.05, 3.63) is 58.9 Å². The Kier molecular flexibility index (Phi) is 5.60. The Morgan fingerprint density at radius 1 is 0.861 bits per heavy atom. The summed E-state index contributed by atoms with van der Waals surface area (Å²) in [5, 5.41) is 16.8. The molecule has 2 aromatic carbocycles. The van der Waals surface area contributed by atoms with Gasteiger partial charge < -0.3 is 21.0 Å². The van der Waals surface area contributed by atoms with Crippen LogP contribution in [0.25, 0.3) is 33.4 Å². The van der Waals surface area contributed by atoms with Crippen molar-refractivity contribution in [3.63, 3.8) is 0 Å². The molecule has 186 valence electrons. The Morgan fingerprint density at radius 2 is 1.47 bits per heavy atom. The summed E-state index contributed by atoms with van der Waals surface area (Å²) in [7, 11) is -10.3. The van der Waals surface area contributed by atoms with E-state index in [0.29, 0.717) is 0 Å². The van der Waals surface area contributed by atoms with Crippen LogP contribution in [0.4, 0.5) is 5.69 Å². The van der Waals surface area contributed by atoms with Crippen molar-refractivity contribution in [1.82, 2.24) is 0 Å². The Labute approximate surface area is 201 Å². The van der Waals surface area contributed by atoms with Crippen LogP contribution in [0.2, 0.25) is 0 Å². The number of carboxylic acid groups (broad SMARTS) is 1. The molecular weight excluding hydrogens is 518 g/mol. The summed E-state index contributed by atoms with van der Waals surface area (Å²) in [5.74, 6) is -3.36. The number of rotatable bonds is 5. The van der Waals surface area contributed by atoms with Gasteiger partial charge in [-0.3, -0.25) is 19.3 Å². The van der Waals surface area contributed by atoms with Crippen LogP contribution >= 0.6 is 0 Å². The first-order chi connectivity index (χ1) is 16.6. The lowest BCUT2D eigenvalue weighted by Gasteiger charge is -2.21. The quantitative estimate of drug-likeness (QED) is 0.122. The SMILES string of the molecule is N=c1ccc2c(-c3c(C(N)=O)cccc3C(=O)O)c3ccc(N)c(S(=O)(=O)O)c3oc-2c1S(=O)(=O)O. The predicted molar refractivity (Wildman–Crippen MR) is 124 cm³/mol. The molecule has 1 amide bonds. The Balaban J connectivity index is 2.46. The number of fused-ring (bicyclic) bond motifs is 2. The number of hydrogen-bond acceptors (Lipinski definition) is 9. The minimum atomic E-state index is -5.17. The largest absolute Gasteiger partial charge is 0.478 e. The van der Waals surface area contributed by atoms with Gasteiger partial charge in [-0.15, -0.1) is 0 Å². The van der Waals surface area contributed by atoms with Crippen LogP contribution in [0, 0.1) is 5.41 Å². The topological polar surface area (TPSA) is 252 Å². The molecule has 36 heavy (non-hydrogen) atoms. The zero-order valence-corrected chi connectivity index (χ0v) is 19.3. The van der Waals surface area contributed by atoms with Crippen LogP contribution < -0.4 is 16.8 Å². The second kappa shape index (κ2) is 8.13. The van der Waals surface area contributed by atoms with Crippen molar-refractivity contribution in [2.24, 2.45) is 5.73 Å². The second-order valence-electron chi connectivity index (χ2n) is 7.50. The van der Waals surface area contributed by atoms with Gasteiger partial charge in [0.2, 0.25) is 5.91 Å². The molecular formula is C21H15N3O10S2. The van der Waals surface area contributed by atoms with E-state index in [1.165, 1.54) is 18.2 Å². The third-order valence-corrected chi connectivity index (χ3v) is 7.18. The summed E-state index contributed by atoms with van der Waals surface area (Å²) in [4.78, 5) is 22.3. The van der Waals surface area contributed by atoms with E-state index in [4.69, 9.17) is 21.3 Å². The number of nitrogens with one attached hydrogen (secondary N) is 1. The standard InChI is InChI=1S/C21H15N3O10S2/c22-12-6-4-8-14(15-10(20(24)25)2-1-3-11(15)21(26)27)9-5-7-13(23)19(36(31,32)33)17(9)34-16(8)18(12)35(28,29)30/h1-7,22H,23H2,(H2,24,25)(H,26,27)(H,28,29,30)(H,31,32,33). The summed E-state index contributed by atoms with van der Waals surface area (Å²) in [6.45, 7) is 0. The van der Waals surface area contributed by atoms with E-state index in [1.54, 1.807) is 0 Å². The van der Waals surface area contributed by atoms with Gasteiger partial charge in [0.1, 0.15) is 0 Å². The van der Waals surface area contributed by atoms with E-state index in [-0.39, 0.29) is 27.6 Å². The van der Waals surface area contributed by atoms with E-state index >= 15 is 0 Å². The molecule has 2 aliphatic rings. The van der Waals surface area contributed by atoms with Crippen molar-refractivity contribution in [1.29, 1.82) is 5.41 Å². The van der Waals surface area contributed by atoms with Gasteiger partial charge in [-0.2, -0.15) is 16.8 Å². The molecule has 0 saturated heterocycles. The van der Waals surface area contributed by atoms with Crippen LogP contribution in [0.3, 0.4) is 0 Å². The maximum Gasteiger partial charge on any atom is 0.336 e. The van der Waals surface area contributed by atoms with Crippen LogP contribution in [0.1, 0.15) is 20.7 Å².